The summed E-state index contributed by atoms with van der Waals surface area (Å²) < 4.78 is 5.17. The number of hydrogen-bond acceptors (Lipinski definition) is 5. The molecule has 17 heavy (non-hydrogen) atoms. The molecule has 1 fully saturated rings. The summed E-state index contributed by atoms with van der Waals surface area (Å²) in [4.78, 5) is 7.11. The summed E-state index contributed by atoms with van der Waals surface area (Å²) in [6, 6.07) is 0.702. The van der Waals surface area contributed by atoms with E-state index in [1.165, 1.54) is 18.5 Å². The van der Waals surface area contributed by atoms with Crippen molar-refractivity contribution in [1.82, 2.24) is 10.3 Å². The zero-order valence-corrected chi connectivity index (χ0v) is 11.4. The molecule has 1 aliphatic carbocycles. The van der Waals surface area contributed by atoms with Gasteiger partial charge in [0, 0.05) is 38.0 Å². The van der Waals surface area contributed by atoms with Crippen molar-refractivity contribution in [3.05, 3.63) is 11.1 Å². The minimum atomic E-state index is 0.702. The second-order valence-electron chi connectivity index (χ2n) is 4.39. The van der Waals surface area contributed by atoms with Gasteiger partial charge in [0.05, 0.1) is 12.3 Å². The maximum atomic E-state index is 5.17. The van der Waals surface area contributed by atoms with Gasteiger partial charge in [-0.3, -0.25) is 0 Å². The van der Waals surface area contributed by atoms with Crippen LogP contribution in [0.1, 0.15) is 18.5 Å². The molecule has 0 unspecified atom stereocenters. The number of anilines is 1. The third-order valence-electron chi connectivity index (χ3n) is 2.94. The fourth-order valence-electron chi connectivity index (χ4n) is 1.81. The van der Waals surface area contributed by atoms with E-state index < -0.39 is 0 Å². The molecule has 5 heteroatoms. The van der Waals surface area contributed by atoms with Gasteiger partial charge in [-0.1, -0.05) is 0 Å². The average molecular weight is 255 g/mol. The van der Waals surface area contributed by atoms with Gasteiger partial charge >= 0.3 is 0 Å². The minimum absolute atomic E-state index is 0.702. The van der Waals surface area contributed by atoms with Crippen LogP contribution >= 0.6 is 11.3 Å². The van der Waals surface area contributed by atoms with Crippen molar-refractivity contribution < 1.29 is 4.74 Å². The molecular weight excluding hydrogens is 234 g/mol. The number of rotatable bonds is 8. The smallest absolute Gasteiger partial charge is 0.185 e. The second kappa shape index (κ2) is 6.33. The van der Waals surface area contributed by atoms with E-state index in [9.17, 15) is 0 Å². The van der Waals surface area contributed by atoms with E-state index in [0.717, 1.165) is 31.2 Å². The third-order valence-corrected chi connectivity index (χ3v) is 3.87. The highest BCUT2D eigenvalue weighted by Crippen LogP contribution is 2.33. The van der Waals surface area contributed by atoms with Gasteiger partial charge < -0.3 is 15.0 Å². The molecule has 0 atom stereocenters. The minimum Gasteiger partial charge on any atom is -0.383 e. The first kappa shape index (κ1) is 12.8. The van der Waals surface area contributed by atoms with E-state index in [0.29, 0.717) is 6.04 Å². The first-order valence-corrected chi connectivity index (χ1v) is 7.07. The fourth-order valence-corrected chi connectivity index (χ4v) is 2.76. The molecule has 1 heterocycles. The maximum Gasteiger partial charge on any atom is 0.185 e. The molecule has 1 N–H and O–H groups in total. The van der Waals surface area contributed by atoms with E-state index in [1.54, 1.807) is 18.4 Å². The largest absolute Gasteiger partial charge is 0.383 e. The third kappa shape index (κ3) is 3.66. The number of nitrogens with one attached hydrogen (secondary N) is 1. The van der Waals surface area contributed by atoms with Crippen molar-refractivity contribution in [2.24, 2.45) is 0 Å². The molecule has 0 aliphatic heterocycles. The zero-order valence-electron chi connectivity index (χ0n) is 10.6. The Morgan fingerprint density at radius 2 is 2.41 bits per heavy atom. The highest BCUT2D eigenvalue weighted by molar-refractivity contribution is 7.13. The molecule has 4 nitrogen and oxygen atoms in total. The van der Waals surface area contributed by atoms with Crippen molar-refractivity contribution in [2.45, 2.75) is 25.3 Å². The Bertz CT molecular complexity index is 338. The number of thiazole rings is 1. The lowest BCUT2D eigenvalue weighted by Crippen LogP contribution is -2.29. The summed E-state index contributed by atoms with van der Waals surface area (Å²) >= 11 is 1.76. The molecule has 0 saturated heterocycles. The topological polar surface area (TPSA) is 37.4 Å². The van der Waals surface area contributed by atoms with Gasteiger partial charge in [-0.05, 0) is 19.9 Å². The monoisotopic (exact) mass is 255 g/mol. The Balaban J connectivity index is 1.94. The van der Waals surface area contributed by atoms with Gasteiger partial charge in [-0.15, -0.1) is 11.3 Å². The number of ether oxygens (including phenoxy) is 1. The molecule has 0 aromatic carbocycles. The van der Waals surface area contributed by atoms with E-state index in [-0.39, 0.29) is 0 Å². The molecule has 96 valence electrons. The van der Waals surface area contributed by atoms with Gasteiger partial charge in [0.2, 0.25) is 0 Å². The molecule has 1 aliphatic rings. The normalized spacial score (nSPS) is 15.2. The van der Waals surface area contributed by atoms with Crippen molar-refractivity contribution in [3.63, 3.8) is 0 Å². The first-order valence-electron chi connectivity index (χ1n) is 6.19. The quantitative estimate of drug-likeness (QED) is 0.764. The van der Waals surface area contributed by atoms with Gasteiger partial charge in [-0.25, -0.2) is 4.98 Å². The van der Waals surface area contributed by atoms with Crippen LogP contribution in [0.15, 0.2) is 5.38 Å². The van der Waals surface area contributed by atoms with Gasteiger partial charge in [0.1, 0.15) is 0 Å². The van der Waals surface area contributed by atoms with E-state index in [2.05, 4.69) is 15.6 Å². The summed E-state index contributed by atoms with van der Waals surface area (Å²) in [6.45, 7) is 2.73. The molecule has 0 radical (unpaired) electrons. The lowest BCUT2D eigenvalue weighted by Gasteiger charge is -2.20. The Kier molecular flexibility index (Phi) is 4.76. The summed E-state index contributed by atoms with van der Waals surface area (Å²) in [5, 5.41) is 6.49. The number of likely N-dealkylation sites (N-methyl/N-ethyl adjacent to an activating group) is 1. The Labute approximate surface area is 107 Å². The lowest BCUT2D eigenvalue weighted by atomic mass is 10.3. The SMILES string of the molecule is CNCCc1csc(N(CCOC)C2CC2)n1. The summed E-state index contributed by atoms with van der Waals surface area (Å²) in [7, 11) is 3.73. The highest BCUT2D eigenvalue weighted by Gasteiger charge is 2.30. The van der Waals surface area contributed by atoms with Crippen LogP contribution < -0.4 is 10.2 Å². The summed E-state index contributed by atoms with van der Waals surface area (Å²) in [5.74, 6) is 0. The van der Waals surface area contributed by atoms with Gasteiger partial charge in [0.25, 0.3) is 0 Å². The molecule has 2 rings (SSSR count). The first-order chi connectivity index (χ1) is 8.35. The van der Waals surface area contributed by atoms with Crippen molar-refractivity contribution in [2.75, 3.05) is 38.8 Å². The molecule has 0 spiro atoms. The van der Waals surface area contributed by atoms with Crippen LogP contribution in [0.5, 0.6) is 0 Å². The summed E-state index contributed by atoms with van der Waals surface area (Å²) in [6.07, 6.45) is 3.61. The van der Waals surface area contributed by atoms with E-state index >= 15 is 0 Å². The molecule has 1 saturated carbocycles. The van der Waals surface area contributed by atoms with Crippen LogP contribution in [-0.4, -0.2) is 44.9 Å². The van der Waals surface area contributed by atoms with Gasteiger partial charge in [0.15, 0.2) is 5.13 Å². The molecule has 1 aromatic rings. The van der Waals surface area contributed by atoms with Crippen molar-refractivity contribution >= 4 is 16.5 Å². The standard InChI is InChI=1S/C12H21N3OS/c1-13-6-5-10-9-17-12(14-10)15(7-8-16-2)11-3-4-11/h9,11,13H,3-8H2,1-2H3. The van der Waals surface area contributed by atoms with Crippen LogP contribution in [-0.2, 0) is 11.2 Å². The molecule has 1 aromatic heterocycles. The maximum absolute atomic E-state index is 5.17. The fraction of sp³-hybridized carbons (Fsp3) is 0.750. The molecular formula is C12H21N3OS. The number of aromatic nitrogens is 1. The van der Waals surface area contributed by atoms with E-state index in [4.69, 9.17) is 9.72 Å². The Hall–Kier alpha value is -0.650. The second-order valence-corrected chi connectivity index (χ2v) is 5.23. The van der Waals surface area contributed by atoms with Crippen molar-refractivity contribution in [3.8, 4) is 0 Å². The highest BCUT2D eigenvalue weighted by atomic mass is 32.1. The summed E-state index contributed by atoms with van der Waals surface area (Å²) in [5.41, 5.74) is 1.20. The zero-order chi connectivity index (χ0) is 12.1. The molecule has 0 bridgehead atoms. The number of nitrogens with zero attached hydrogens (tertiary/aromatic N) is 2. The predicted octanol–water partition coefficient (Wildman–Crippen LogP) is 1.52. The predicted molar refractivity (Wildman–Crippen MR) is 72.0 cm³/mol. The van der Waals surface area contributed by atoms with Crippen molar-refractivity contribution in [1.29, 1.82) is 0 Å². The number of methoxy groups -OCH3 is 1. The van der Waals surface area contributed by atoms with Crippen LogP contribution in [0.25, 0.3) is 0 Å². The average Bonchev–Trinajstić information content (AvgIpc) is 3.07. The Morgan fingerprint density at radius 3 is 3.06 bits per heavy atom. The van der Waals surface area contributed by atoms with Crippen LogP contribution in [0.2, 0.25) is 0 Å². The van der Waals surface area contributed by atoms with Crippen LogP contribution in [0.4, 0.5) is 5.13 Å². The Morgan fingerprint density at radius 1 is 1.59 bits per heavy atom. The van der Waals surface area contributed by atoms with Gasteiger partial charge in [-0.2, -0.15) is 0 Å². The number of hydrogen-bond donors (Lipinski definition) is 1. The molecule has 0 amide bonds. The van der Waals surface area contributed by atoms with Crippen LogP contribution in [0.3, 0.4) is 0 Å². The van der Waals surface area contributed by atoms with Crippen LogP contribution in [0, 0.1) is 0 Å². The van der Waals surface area contributed by atoms with E-state index in [1.807, 2.05) is 7.05 Å². The lowest BCUT2D eigenvalue weighted by molar-refractivity contribution is 0.205.